The van der Waals surface area contributed by atoms with Crippen molar-refractivity contribution in [3.63, 3.8) is 0 Å². The summed E-state index contributed by atoms with van der Waals surface area (Å²) >= 11 is 0. The molecule has 0 spiro atoms. The van der Waals surface area contributed by atoms with E-state index in [1.807, 2.05) is 20.9 Å². The van der Waals surface area contributed by atoms with Gasteiger partial charge in [0.2, 0.25) is 0 Å². The lowest BCUT2D eigenvalue weighted by molar-refractivity contribution is 0.509. The molecule has 0 amide bonds. The van der Waals surface area contributed by atoms with Gasteiger partial charge < -0.3 is 5.32 Å². The van der Waals surface area contributed by atoms with Crippen molar-refractivity contribution in [1.82, 2.24) is 5.32 Å². The van der Waals surface area contributed by atoms with Gasteiger partial charge >= 0.3 is 0 Å². The quantitative estimate of drug-likeness (QED) is 0.810. The zero-order valence-electron chi connectivity index (χ0n) is 9.35. The van der Waals surface area contributed by atoms with Crippen molar-refractivity contribution < 1.29 is 8.78 Å². The fourth-order valence-corrected chi connectivity index (χ4v) is 1.64. The maximum atomic E-state index is 13.0. The molecule has 1 aromatic carbocycles. The molecule has 2 unspecified atom stereocenters. The highest BCUT2D eigenvalue weighted by Gasteiger charge is 2.11. The van der Waals surface area contributed by atoms with Crippen LogP contribution in [0.5, 0.6) is 0 Å². The molecule has 0 aliphatic carbocycles. The van der Waals surface area contributed by atoms with E-state index in [9.17, 15) is 8.78 Å². The molecule has 15 heavy (non-hydrogen) atoms. The van der Waals surface area contributed by atoms with E-state index in [2.05, 4.69) is 5.32 Å². The van der Waals surface area contributed by atoms with Crippen molar-refractivity contribution in [3.05, 3.63) is 35.4 Å². The van der Waals surface area contributed by atoms with Crippen LogP contribution in [0.3, 0.4) is 0 Å². The first-order valence-electron chi connectivity index (χ1n) is 5.16. The zero-order valence-corrected chi connectivity index (χ0v) is 9.35. The molecule has 0 bridgehead atoms. The molecule has 3 heteroatoms. The summed E-state index contributed by atoms with van der Waals surface area (Å²) in [7, 11) is 1.88. The van der Waals surface area contributed by atoms with Crippen molar-refractivity contribution in [2.75, 3.05) is 7.05 Å². The summed E-state index contributed by atoms with van der Waals surface area (Å²) in [4.78, 5) is 0. The molecule has 0 aliphatic rings. The van der Waals surface area contributed by atoms with E-state index in [0.717, 1.165) is 18.1 Å². The molecule has 1 aromatic rings. The summed E-state index contributed by atoms with van der Waals surface area (Å²) in [6.45, 7) is 4.02. The maximum Gasteiger partial charge on any atom is 0.126 e. The van der Waals surface area contributed by atoms with Gasteiger partial charge in [0.05, 0.1) is 0 Å². The number of rotatable bonds is 4. The monoisotopic (exact) mass is 213 g/mol. The maximum absolute atomic E-state index is 13.0. The zero-order chi connectivity index (χ0) is 11.4. The van der Waals surface area contributed by atoms with Gasteiger partial charge in [0.25, 0.3) is 0 Å². The minimum absolute atomic E-state index is 0.151. The average Bonchev–Trinajstić information content (AvgIpc) is 2.16. The van der Waals surface area contributed by atoms with Gasteiger partial charge in [-0.2, -0.15) is 0 Å². The third kappa shape index (κ3) is 3.59. The number of nitrogens with one attached hydrogen (secondary N) is 1. The lowest BCUT2D eigenvalue weighted by atomic mass is 9.94. The third-order valence-corrected chi connectivity index (χ3v) is 2.65. The Hall–Kier alpha value is -0.960. The van der Waals surface area contributed by atoms with Crippen LogP contribution in [0.2, 0.25) is 0 Å². The van der Waals surface area contributed by atoms with Crippen molar-refractivity contribution >= 4 is 0 Å². The lowest BCUT2D eigenvalue weighted by Gasteiger charge is -2.17. The normalized spacial score (nSPS) is 15.0. The average molecular weight is 213 g/mol. The van der Waals surface area contributed by atoms with Gasteiger partial charge in [-0.1, -0.05) is 6.92 Å². The number of hydrogen-bond acceptors (Lipinski definition) is 1. The molecule has 0 fully saturated rings. The summed E-state index contributed by atoms with van der Waals surface area (Å²) in [6.07, 6.45) is 0.861. The Labute approximate surface area is 89.5 Å². The first-order valence-corrected chi connectivity index (χ1v) is 5.16. The first kappa shape index (κ1) is 12.1. The molecule has 2 atom stereocenters. The summed E-state index contributed by atoms with van der Waals surface area (Å²) in [5.41, 5.74) is 0.717. The Morgan fingerprint density at radius 1 is 1.13 bits per heavy atom. The Morgan fingerprint density at radius 3 is 2.13 bits per heavy atom. The molecule has 0 saturated heterocycles. The van der Waals surface area contributed by atoms with Gasteiger partial charge in [0, 0.05) is 12.1 Å². The molecule has 0 aliphatic heterocycles. The molecule has 0 saturated carbocycles. The molecule has 1 rings (SSSR count). The Morgan fingerprint density at radius 2 is 1.67 bits per heavy atom. The van der Waals surface area contributed by atoms with E-state index in [1.165, 1.54) is 12.1 Å². The second-order valence-electron chi connectivity index (χ2n) is 4.03. The van der Waals surface area contributed by atoms with Crippen LogP contribution in [0.4, 0.5) is 8.78 Å². The van der Waals surface area contributed by atoms with E-state index in [1.54, 1.807) is 0 Å². The van der Waals surface area contributed by atoms with Gasteiger partial charge in [-0.15, -0.1) is 0 Å². The van der Waals surface area contributed by atoms with Crippen molar-refractivity contribution in [2.45, 2.75) is 32.2 Å². The molecular formula is C12H17F2N. The predicted molar refractivity (Wildman–Crippen MR) is 57.9 cm³/mol. The summed E-state index contributed by atoms with van der Waals surface area (Å²) in [5.74, 6) is -0.861. The highest BCUT2D eigenvalue weighted by atomic mass is 19.1. The van der Waals surface area contributed by atoms with Crippen molar-refractivity contribution in [3.8, 4) is 0 Å². The molecule has 0 radical (unpaired) electrons. The van der Waals surface area contributed by atoms with Crippen molar-refractivity contribution in [1.29, 1.82) is 0 Å². The van der Waals surface area contributed by atoms with Gasteiger partial charge in [-0.25, -0.2) is 8.78 Å². The number of hydrogen-bond donors (Lipinski definition) is 1. The minimum Gasteiger partial charge on any atom is -0.317 e. The fraction of sp³-hybridized carbons (Fsp3) is 0.500. The van der Waals surface area contributed by atoms with Crippen molar-refractivity contribution in [2.24, 2.45) is 0 Å². The van der Waals surface area contributed by atoms with Gasteiger partial charge in [-0.3, -0.25) is 0 Å². The lowest BCUT2D eigenvalue weighted by Crippen LogP contribution is -2.23. The molecule has 1 N–H and O–H groups in total. The van der Waals surface area contributed by atoms with Crippen LogP contribution < -0.4 is 5.32 Å². The standard InChI is InChI=1S/C12H17F2N/c1-8(4-9(2)15-3)10-5-11(13)7-12(14)6-10/h5-9,15H,4H2,1-3H3. The summed E-state index contributed by atoms with van der Waals surface area (Å²) in [6, 6.07) is 4.04. The third-order valence-electron chi connectivity index (χ3n) is 2.65. The van der Waals surface area contributed by atoms with Crippen LogP contribution >= 0.6 is 0 Å². The Bertz CT molecular complexity index is 305. The van der Waals surface area contributed by atoms with Crippen LogP contribution in [-0.4, -0.2) is 13.1 Å². The molecule has 0 heterocycles. The highest BCUT2D eigenvalue weighted by molar-refractivity contribution is 5.21. The van der Waals surface area contributed by atoms with Crippen LogP contribution in [0.15, 0.2) is 18.2 Å². The summed E-state index contributed by atoms with van der Waals surface area (Å²) < 4.78 is 25.9. The number of halogens is 2. The summed E-state index contributed by atoms with van der Waals surface area (Å²) in [5, 5.41) is 3.11. The molecule has 0 aromatic heterocycles. The topological polar surface area (TPSA) is 12.0 Å². The van der Waals surface area contributed by atoms with E-state index in [4.69, 9.17) is 0 Å². The molecule has 84 valence electrons. The van der Waals surface area contributed by atoms with E-state index in [-0.39, 0.29) is 5.92 Å². The van der Waals surface area contributed by atoms with E-state index in [0.29, 0.717) is 6.04 Å². The Kier molecular flexibility index (Phi) is 4.21. The van der Waals surface area contributed by atoms with E-state index < -0.39 is 11.6 Å². The van der Waals surface area contributed by atoms with Gasteiger partial charge in [0.1, 0.15) is 11.6 Å². The molecule has 1 nitrogen and oxygen atoms in total. The van der Waals surface area contributed by atoms with E-state index >= 15 is 0 Å². The minimum atomic E-state index is -0.506. The Balaban J connectivity index is 2.77. The van der Waals surface area contributed by atoms with Crippen LogP contribution in [-0.2, 0) is 0 Å². The van der Waals surface area contributed by atoms with Gasteiger partial charge in [-0.05, 0) is 44.0 Å². The second kappa shape index (κ2) is 5.21. The molecular weight excluding hydrogens is 196 g/mol. The first-order chi connectivity index (χ1) is 7.02. The SMILES string of the molecule is CNC(C)CC(C)c1cc(F)cc(F)c1. The van der Waals surface area contributed by atoms with Crippen LogP contribution in [0.1, 0.15) is 31.7 Å². The van der Waals surface area contributed by atoms with Gasteiger partial charge in [0.15, 0.2) is 0 Å². The van der Waals surface area contributed by atoms with Crippen LogP contribution in [0, 0.1) is 11.6 Å². The smallest absolute Gasteiger partial charge is 0.126 e. The van der Waals surface area contributed by atoms with Crippen LogP contribution in [0.25, 0.3) is 0 Å². The predicted octanol–water partition coefficient (Wildman–Crippen LogP) is 3.07. The fourth-order valence-electron chi connectivity index (χ4n) is 1.64. The highest BCUT2D eigenvalue weighted by Crippen LogP contribution is 2.22. The number of benzene rings is 1. The largest absolute Gasteiger partial charge is 0.317 e. The second-order valence-corrected chi connectivity index (χ2v) is 4.03.